The summed E-state index contributed by atoms with van der Waals surface area (Å²) in [6.07, 6.45) is 4.83. The van der Waals surface area contributed by atoms with Gasteiger partial charge in [0.05, 0.1) is 0 Å². The van der Waals surface area contributed by atoms with E-state index in [0.29, 0.717) is 11.7 Å². The fourth-order valence-electron chi connectivity index (χ4n) is 1.33. The fraction of sp³-hybridized carbons (Fsp3) is 0.857. The van der Waals surface area contributed by atoms with Crippen molar-refractivity contribution in [2.75, 3.05) is 0 Å². The first kappa shape index (κ1) is 9.19. The van der Waals surface area contributed by atoms with Gasteiger partial charge in [-0.3, -0.25) is 4.79 Å². The average molecular weight is 168 g/mol. The Labute approximate surface area is 66.7 Å². The van der Waals surface area contributed by atoms with Crippen LogP contribution in [0, 0.1) is 5.92 Å². The molecule has 0 amide bonds. The molecule has 0 unspecified atom stereocenters. The van der Waals surface area contributed by atoms with Gasteiger partial charge >= 0.3 is 0 Å². The quantitative estimate of drug-likeness (QED) is 0.545. The molecule has 1 aliphatic carbocycles. The van der Waals surface area contributed by atoms with Gasteiger partial charge in [-0.1, -0.05) is 12.8 Å². The molecule has 1 saturated carbocycles. The summed E-state index contributed by atoms with van der Waals surface area (Å²) in [5.74, 6) is 0.817. The van der Waals surface area contributed by atoms with Crippen molar-refractivity contribution in [3.05, 3.63) is 0 Å². The van der Waals surface area contributed by atoms with E-state index in [4.69, 9.17) is 0 Å². The molecular formula is C7H12FeO. The summed E-state index contributed by atoms with van der Waals surface area (Å²) in [7, 11) is 0. The van der Waals surface area contributed by atoms with E-state index in [1.54, 1.807) is 6.92 Å². The molecular weight excluding hydrogens is 156 g/mol. The summed E-state index contributed by atoms with van der Waals surface area (Å²) >= 11 is 0. The van der Waals surface area contributed by atoms with Gasteiger partial charge in [-0.2, -0.15) is 0 Å². The van der Waals surface area contributed by atoms with E-state index in [0.717, 1.165) is 12.8 Å². The Balaban J connectivity index is 0.000000640. The van der Waals surface area contributed by atoms with Crippen molar-refractivity contribution in [2.24, 2.45) is 5.92 Å². The Morgan fingerprint density at radius 2 is 1.78 bits per heavy atom. The number of Topliss-reactive ketones (excluding diaryl/α,β-unsaturated/α-hetero) is 1. The first-order valence-electron chi connectivity index (χ1n) is 3.31. The minimum atomic E-state index is 0. The molecule has 0 radical (unpaired) electrons. The van der Waals surface area contributed by atoms with Crippen molar-refractivity contribution >= 4 is 5.78 Å². The predicted octanol–water partition coefficient (Wildman–Crippen LogP) is 1.76. The van der Waals surface area contributed by atoms with Crippen LogP contribution >= 0.6 is 0 Å². The van der Waals surface area contributed by atoms with Crippen LogP contribution in [-0.2, 0) is 21.9 Å². The predicted molar refractivity (Wildman–Crippen MR) is 32.6 cm³/mol. The number of hydrogen-bond donors (Lipinski definition) is 0. The Morgan fingerprint density at radius 3 is 2.00 bits per heavy atom. The van der Waals surface area contributed by atoms with Gasteiger partial charge in [-0.05, 0) is 19.8 Å². The number of rotatable bonds is 1. The molecule has 1 rings (SSSR count). The van der Waals surface area contributed by atoms with E-state index >= 15 is 0 Å². The maximum absolute atomic E-state index is 10.6. The van der Waals surface area contributed by atoms with Crippen LogP contribution in [0.15, 0.2) is 0 Å². The third-order valence-corrected chi connectivity index (χ3v) is 1.93. The molecule has 1 fully saturated rings. The van der Waals surface area contributed by atoms with Crippen LogP contribution in [0.4, 0.5) is 0 Å². The molecule has 2 heteroatoms. The summed E-state index contributed by atoms with van der Waals surface area (Å²) in [5, 5.41) is 0. The van der Waals surface area contributed by atoms with Gasteiger partial charge in [0.15, 0.2) is 0 Å². The second-order valence-corrected chi connectivity index (χ2v) is 2.59. The summed E-state index contributed by atoms with van der Waals surface area (Å²) in [6.45, 7) is 1.70. The monoisotopic (exact) mass is 168 g/mol. The van der Waals surface area contributed by atoms with Crippen molar-refractivity contribution in [1.29, 1.82) is 0 Å². The molecule has 0 spiro atoms. The summed E-state index contributed by atoms with van der Waals surface area (Å²) in [5.41, 5.74) is 0. The van der Waals surface area contributed by atoms with Crippen LogP contribution in [0.3, 0.4) is 0 Å². The van der Waals surface area contributed by atoms with Gasteiger partial charge in [0.25, 0.3) is 0 Å². The molecule has 0 atom stereocenters. The molecule has 0 aromatic heterocycles. The molecule has 1 aliphatic rings. The summed E-state index contributed by atoms with van der Waals surface area (Å²) in [4.78, 5) is 10.6. The topological polar surface area (TPSA) is 17.1 Å². The van der Waals surface area contributed by atoms with Gasteiger partial charge in [-0.15, -0.1) is 0 Å². The third-order valence-electron chi connectivity index (χ3n) is 1.93. The van der Waals surface area contributed by atoms with Crippen LogP contribution in [0.2, 0.25) is 0 Å². The van der Waals surface area contributed by atoms with E-state index in [1.807, 2.05) is 0 Å². The van der Waals surface area contributed by atoms with E-state index < -0.39 is 0 Å². The maximum Gasteiger partial charge on any atom is 0.132 e. The number of carbonyl (C=O) groups is 1. The van der Waals surface area contributed by atoms with E-state index in [2.05, 4.69) is 0 Å². The van der Waals surface area contributed by atoms with Gasteiger partial charge in [-0.25, -0.2) is 0 Å². The zero-order valence-corrected chi connectivity index (χ0v) is 6.77. The Morgan fingerprint density at radius 1 is 1.33 bits per heavy atom. The molecule has 0 aromatic carbocycles. The van der Waals surface area contributed by atoms with Crippen LogP contribution in [0.5, 0.6) is 0 Å². The number of carbonyl (C=O) groups excluding carboxylic acids is 1. The SMILES string of the molecule is CC(=O)C1CCCC1.[Fe]. The van der Waals surface area contributed by atoms with E-state index in [-0.39, 0.29) is 17.1 Å². The summed E-state index contributed by atoms with van der Waals surface area (Å²) in [6, 6.07) is 0. The molecule has 0 saturated heterocycles. The Kier molecular flexibility index (Phi) is 4.16. The zero-order valence-electron chi connectivity index (χ0n) is 5.67. The summed E-state index contributed by atoms with van der Waals surface area (Å²) < 4.78 is 0. The fourth-order valence-corrected chi connectivity index (χ4v) is 1.33. The average Bonchev–Trinajstić information content (AvgIpc) is 2.12. The number of hydrogen-bond acceptors (Lipinski definition) is 1. The zero-order chi connectivity index (χ0) is 5.98. The van der Waals surface area contributed by atoms with Crippen molar-refractivity contribution < 1.29 is 21.9 Å². The van der Waals surface area contributed by atoms with Gasteiger partial charge in [0, 0.05) is 23.0 Å². The first-order valence-corrected chi connectivity index (χ1v) is 3.31. The Hall–Kier alpha value is 0.189. The second kappa shape index (κ2) is 4.08. The van der Waals surface area contributed by atoms with Crippen molar-refractivity contribution in [3.63, 3.8) is 0 Å². The molecule has 54 valence electrons. The second-order valence-electron chi connectivity index (χ2n) is 2.59. The minimum Gasteiger partial charge on any atom is -0.300 e. The molecule has 0 N–H and O–H groups in total. The Bertz CT molecular complexity index is 95.1. The van der Waals surface area contributed by atoms with Crippen LogP contribution in [0.25, 0.3) is 0 Å². The van der Waals surface area contributed by atoms with E-state index in [1.165, 1.54) is 12.8 Å². The molecule has 1 nitrogen and oxygen atoms in total. The van der Waals surface area contributed by atoms with Crippen LogP contribution < -0.4 is 0 Å². The smallest absolute Gasteiger partial charge is 0.132 e. The van der Waals surface area contributed by atoms with Gasteiger partial charge < -0.3 is 0 Å². The van der Waals surface area contributed by atoms with Gasteiger partial charge in [0.1, 0.15) is 5.78 Å². The van der Waals surface area contributed by atoms with Crippen molar-refractivity contribution in [1.82, 2.24) is 0 Å². The van der Waals surface area contributed by atoms with Crippen LogP contribution in [0.1, 0.15) is 32.6 Å². The normalized spacial score (nSPS) is 19.2. The number of ketones is 1. The maximum atomic E-state index is 10.6. The van der Waals surface area contributed by atoms with Crippen LogP contribution in [-0.4, -0.2) is 5.78 Å². The molecule has 0 aromatic rings. The van der Waals surface area contributed by atoms with E-state index in [9.17, 15) is 4.79 Å². The molecule has 0 heterocycles. The van der Waals surface area contributed by atoms with Crippen molar-refractivity contribution in [2.45, 2.75) is 32.6 Å². The van der Waals surface area contributed by atoms with Gasteiger partial charge in [0.2, 0.25) is 0 Å². The molecule has 9 heavy (non-hydrogen) atoms. The van der Waals surface area contributed by atoms with Crippen molar-refractivity contribution in [3.8, 4) is 0 Å². The largest absolute Gasteiger partial charge is 0.300 e. The minimum absolute atomic E-state index is 0. The molecule has 0 aliphatic heterocycles. The third kappa shape index (κ3) is 2.51. The molecule has 0 bridgehead atoms. The standard InChI is InChI=1S/C7H12O.Fe/c1-6(8)7-4-2-3-5-7;/h7H,2-5H2,1H3;. The first-order chi connectivity index (χ1) is 3.80.